The maximum absolute atomic E-state index is 4.52. The molecular formula is C29H29N5. The predicted molar refractivity (Wildman–Crippen MR) is 147 cm³/mol. The molecule has 0 fully saturated rings. The average Bonchev–Trinajstić information content (AvgIpc) is 2.85. The number of rotatable bonds is 9. The standard InChI is InChI=1S/C29H29N5/c1-8-22-23(9-2)27(17-16-26(22)31-30-21-14-12-20(5)13-15-21)32-33-28-18-19-29(34(6)7)25(11-4)24(28)10-3/h8-19H,1-4H2,5-7H3. The van der Waals surface area contributed by atoms with Crippen LogP contribution in [0.15, 0.2) is 95.3 Å². The van der Waals surface area contributed by atoms with E-state index in [1.165, 1.54) is 5.56 Å². The fraction of sp³-hybridized carbons (Fsp3) is 0.103. The number of azo groups is 2. The molecule has 0 radical (unpaired) electrons. The van der Waals surface area contributed by atoms with Crippen LogP contribution in [0, 0.1) is 6.92 Å². The van der Waals surface area contributed by atoms with Crippen molar-refractivity contribution < 1.29 is 0 Å². The van der Waals surface area contributed by atoms with Crippen LogP contribution >= 0.6 is 0 Å². The molecule has 0 aromatic heterocycles. The summed E-state index contributed by atoms with van der Waals surface area (Å²) in [6, 6.07) is 15.5. The SMILES string of the molecule is C=Cc1c(N=Nc2ccc(C)cc2)ccc(N=Nc2ccc(N(C)C)c(C=C)c2C=C)c1C=C. The number of hydrogen-bond donors (Lipinski definition) is 0. The van der Waals surface area contributed by atoms with Gasteiger partial charge in [0.2, 0.25) is 0 Å². The highest BCUT2D eigenvalue weighted by Crippen LogP contribution is 2.37. The summed E-state index contributed by atoms with van der Waals surface area (Å²) in [6.07, 6.45) is 7.05. The zero-order valence-electron chi connectivity index (χ0n) is 20.0. The van der Waals surface area contributed by atoms with Crippen LogP contribution in [0.1, 0.15) is 27.8 Å². The van der Waals surface area contributed by atoms with Crippen molar-refractivity contribution in [2.45, 2.75) is 6.92 Å². The second-order valence-corrected chi connectivity index (χ2v) is 7.81. The summed E-state index contributed by atoms with van der Waals surface area (Å²) in [5.41, 5.74) is 8.44. The monoisotopic (exact) mass is 447 g/mol. The lowest BCUT2D eigenvalue weighted by molar-refractivity contribution is 1.12. The van der Waals surface area contributed by atoms with Gasteiger partial charge >= 0.3 is 0 Å². The van der Waals surface area contributed by atoms with E-state index in [4.69, 9.17) is 0 Å². The van der Waals surface area contributed by atoms with Crippen molar-refractivity contribution in [3.8, 4) is 0 Å². The fourth-order valence-corrected chi connectivity index (χ4v) is 3.57. The van der Waals surface area contributed by atoms with Crippen molar-refractivity contribution in [3.05, 3.63) is 103 Å². The first-order valence-corrected chi connectivity index (χ1v) is 10.8. The molecule has 5 heteroatoms. The van der Waals surface area contributed by atoms with Gasteiger partial charge in [0.1, 0.15) is 0 Å². The molecule has 0 bridgehead atoms. The number of aryl methyl sites for hydroxylation is 1. The summed E-state index contributed by atoms with van der Waals surface area (Å²) in [6.45, 7) is 17.9. The van der Waals surface area contributed by atoms with E-state index in [1.807, 2.05) is 80.5 Å². The van der Waals surface area contributed by atoms with E-state index in [2.05, 4.69) is 46.8 Å². The average molecular weight is 448 g/mol. The van der Waals surface area contributed by atoms with Gasteiger partial charge in [-0.3, -0.25) is 0 Å². The van der Waals surface area contributed by atoms with Gasteiger partial charge in [-0.1, -0.05) is 68.3 Å². The molecule has 170 valence electrons. The number of benzene rings is 3. The van der Waals surface area contributed by atoms with Gasteiger partial charge < -0.3 is 4.90 Å². The lowest BCUT2D eigenvalue weighted by atomic mass is 10.0. The summed E-state index contributed by atoms with van der Waals surface area (Å²) in [4.78, 5) is 2.03. The van der Waals surface area contributed by atoms with E-state index >= 15 is 0 Å². The molecule has 5 nitrogen and oxygen atoms in total. The Labute approximate surface area is 201 Å². The summed E-state index contributed by atoms with van der Waals surface area (Å²) in [5.74, 6) is 0. The Morgan fingerprint density at radius 2 is 0.971 bits per heavy atom. The van der Waals surface area contributed by atoms with Gasteiger partial charge in [-0.25, -0.2) is 0 Å². The van der Waals surface area contributed by atoms with Gasteiger partial charge in [-0.05, 0) is 43.3 Å². The lowest BCUT2D eigenvalue weighted by Crippen LogP contribution is -2.10. The smallest absolute Gasteiger partial charge is 0.0936 e. The number of anilines is 1. The van der Waals surface area contributed by atoms with Crippen LogP contribution in [-0.4, -0.2) is 14.1 Å². The van der Waals surface area contributed by atoms with Gasteiger partial charge in [0.05, 0.1) is 22.7 Å². The quantitative estimate of drug-likeness (QED) is 0.301. The minimum absolute atomic E-state index is 0.658. The first-order valence-electron chi connectivity index (χ1n) is 10.8. The van der Waals surface area contributed by atoms with Crippen LogP contribution in [0.3, 0.4) is 0 Å². The zero-order valence-corrected chi connectivity index (χ0v) is 20.0. The maximum Gasteiger partial charge on any atom is 0.0936 e. The van der Waals surface area contributed by atoms with E-state index in [0.717, 1.165) is 33.6 Å². The van der Waals surface area contributed by atoms with E-state index < -0.39 is 0 Å². The highest BCUT2D eigenvalue weighted by Gasteiger charge is 2.12. The van der Waals surface area contributed by atoms with Gasteiger partial charge in [-0.2, -0.15) is 5.11 Å². The van der Waals surface area contributed by atoms with E-state index in [-0.39, 0.29) is 0 Å². The van der Waals surface area contributed by atoms with Gasteiger partial charge in [0.15, 0.2) is 0 Å². The van der Waals surface area contributed by atoms with Gasteiger partial charge in [0, 0.05) is 42.0 Å². The number of nitrogens with zero attached hydrogens (tertiary/aromatic N) is 5. The molecule has 0 heterocycles. The Kier molecular flexibility index (Phi) is 7.83. The summed E-state index contributed by atoms with van der Waals surface area (Å²) >= 11 is 0. The first kappa shape index (κ1) is 24.3. The van der Waals surface area contributed by atoms with Crippen molar-refractivity contribution in [1.82, 2.24) is 0 Å². The van der Waals surface area contributed by atoms with Crippen LogP contribution in [0.5, 0.6) is 0 Å². The molecule has 0 amide bonds. The van der Waals surface area contributed by atoms with Crippen LogP contribution in [0.25, 0.3) is 24.3 Å². The zero-order chi connectivity index (χ0) is 24.7. The Morgan fingerprint density at radius 1 is 0.559 bits per heavy atom. The third kappa shape index (κ3) is 5.15. The molecule has 3 aromatic rings. The lowest BCUT2D eigenvalue weighted by Gasteiger charge is -2.18. The summed E-state index contributed by atoms with van der Waals surface area (Å²) < 4.78 is 0. The van der Waals surface area contributed by atoms with E-state index in [0.29, 0.717) is 17.1 Å². The minimum Gasteiger partial charge on any atom is -0.377 e. The highest BCUT2D eigenvalue weighted by atomic mass is 15.1. The van der Waals surface area contributed by atoms with E-state index in [1.54, 1.807) is 18.2 Å². The minimum atomic E-state index is 0.658. The van der Waals surface area contributed by atoms with Crippen molar-refractivity contribution in [1.29, 1.82) is 0 Å². The molecule has 34 heavy (non-hydrogen) atoms. The third-order valence-electron chi connectivity index (χ3n) is 5.35. The Hall–Kier alpha value is -4.38. The highest BCUT2D eigenvalue weighted by molar-refractivity contribution is 5.82. The van der Waals surface area contributed by atoms with Crippen molar-refractivity contribution in [3.63, 3.8) is 0 Å². The molecule has 0 N–H and O–H groups in total. The van der Waals surface area contributed by atoms with Crippen LogP contribution in [0.4, 0.5) is 28.4 Å². The Bertz CT molecular complexity index is 1300. The second kappa shape index (κ2) is 11.0. The molecule has 0 aliphatic carbocycles. The van der Waals surface area contributed by atoms with Crippen molar-refractivity contribution in [2.24, 2.45) is 20.5 Å². The topological polar surface area (TPSA) is 52.7 Å². The molecule has 0 atom stereocenters. The molecule has 3 aromatic carbocycles. The molecule has 0 spiro atoms. The molecule has 3 rings (SSSR count). The largest absolute Gasteiger partial charge is 0.377 e. The maximum atomic E-state index is 4.52. The fourth-order valence-electron chi connectivity index (χ4n) is 3.57. The van der Waals surface area contributed by atoms with Crippen LogP contribution in [-0.2, 0) is 0 Å². The number of hydrogen-bond acceptors (Lipinski definition) is 5. The molecular weight excluding hydrogens is 418 g/mol. The molecule has 0 saturated heterocycles. The Morgan fingerprint density at radius 3 is 1.41 bits per heavy atom. The van der Waals surface area contributed by atoms with Crippen LogP contribution < -0.4 is 4.90 Å². The van der Waals surface area contributed by atoms with Gasteiger partial charge in [-0.15, -0.1) is 15.3 Å². The van der Waals surface area contributed by atoms with Gasteiger partial charge in [0.25, 0.3) is 0 Å². The molecule has 0 unspecified atom stereocenters. The second-order valence-electron chi connectivity index (χ2n) is 7.81. The normalized spacial score (nSPS) is 11.0. The van der Waals surface area contributed by atoms with Crippen LogP contribution in [0.2, 0.25) is 0 Å². The summed E-state index contributed by atoms with van der Waals surface area (Å²) in [7, 11) is 3.97. The van der Waals surface area contributed by atoms with Crippen molar-refractivity contribution in [2.75, 3.05) is 19.0 Å². The molecule has 0 aliphatic heterocycles. The van der Waals surface area contributed by atoms with Crippen molar-refractivity contribution >= 4 is 52.7 Å². The molecule has 0 saturated carbocycles. The Balaban J connectivity index is 2.02. The first-order chi connectivity index (χ1) is 16.4. The summed E-state index contributed by atoms with van der Waals surface area (Å²) in [5, 5.41) is 17.8. The predicted octanol–water partition coefficient (Wildman–Crippen LogP) is 9.46. The van der Waals surface area contributed by atoms with E-state index in [9.17, 15) is 0 Å². The third-order valence-corrected chi connectivity index (χ3v) is 5.35. The molecule has 0 aliphatic rings.